The van der Waals surface area contributed by atoms with Gasteiger partial charge < -0.3 is 14.9 Å². The van der Waals surface area contributed by atoms with E-state index in [2.05, 4.69) is 55.0 Å². The van der Waals surface area contributed by atoms with Gasteiger partial charge in [-0.25, -0.2) is 4.98 Å². The molecule has 1 saturated heterocycles. The highest BCUT2D eigenvalue weighted by Crippen LogP contribution is 2.37. The van der Waals surface area contributed by atoms with Crippen LogP contribution in [0.3, 0.4) is 0 Å². The number of piperidine rings is 1. The monoisotopic (exact) mass is 357 g/mol. The lowest BCUT2D eigenvalue weighted by molar-refractivity contribution is 0.280. The highest BCUT2D eigenvalue weighted by atomic mass is 79.9. The molecule has 2 N–H and O–H groups in total. The van der Waals surface area contributed by atoms with Gasteiger partial charge in [0.25, 0.3) is 0 Å². The second kappa shape index (κ2) is 5.11. The second-order valence-electron chi connectivity index (χ2n) is 5.98. The molecule has 0 aliphatic carbocycles. The third-order valence-electron chi connectivity index (χ3n) is 4.71. The smallest absolute Gasteiger partial charge is 0.140 e. The fraction of sp³-hybridized carbons (Fsp3) is 0.375. The van der Waals surface area contributed by atoms with Crippen molar-refractivity contribution in [1.29, 1.82) is 5.26 Å². The molecule has 112 valence electrons. The maximum absolute atomic E-state index is 9.41. The molecule has 0 unspecified atom stereocenters. The standard InChI is InChI=1S/C16H16BrN5/c1-9-2-3-19-7-13(9)22-8-12(17)11-6-21-16-14(15(11)22)10(4-18)5-20-16/h5-6,8-9,13,19H,2-3,7H2,1H3,(H,20,21)/t9-,13+/m1/s1. The van der Waals surface area contributed by atoms with Crippen LogP contribution in [0.15, 0.2) is 23.1 Å². The van der Waals surface area contributed by atoms with Crippen LogP contribution in [0, 0.1) is 17.2 Å². The fourth-order valence-electron chi connectivity index (χ4n) is 3.47. The van der Waals surface area contributed by atoms with E-state index < -0.39 is 0 Å². The zero-order chi connectivity index (χ0) is 15.3. The summed E-state index contributed by atoms with van der Waals surface area (Å²) in [5.41, 5.74) is 2.51. The van der Waals surface area contributed by atoms with Gasteiger partial charge >= 0.3 is 0 Å². The number of rotatable bonds is 1. The van der Waals surface area contributed by atoms with Gasteiger partial charge in [0.05, 0.1) is 16.5 Å². The van der Waals surface area contributed by atoms with Gasteiger partial charge in [-0.1, -0.05) is 6.92 Å². The summed E-state index contributed by atoms with van der Waals surface area (Å²) in [7, 11) is 0. The number of H-pyrrole nitrogens is 1. The van der Waals surface area contributed by atoms with E-state index in [9.17, 15) is 5.26 Å². The van der Waals surface area contributed by atoms with Gasteiger partial charge in [0.15, 0.2) is 0 Å². The largest absolute Gasteiger partial charge is 0.345 e. The zero-order valence-corrected chi connectivity index (χ0v) is 13.8. The molecule has 4 rings (SSSR count). The Morgan fingerprint density at radius 1 is 1.50 bits per heavy atom. The summed E-state index contributed by atoms with van der Waals surface area (Å²) in [5, 5.41) is 14.9. The predicted octanol–water partition coefficient (Wildman–Crippen LogP) is 3.32. The lowest BCUT2D eigenvalue weighted by atomic mass is 9.94. The molecular formula is C16H16BrN5. The number of halogens is 1. The van der Waals surface area contributed by atoms with E-state index in [0.29, 0.717) is 17.5 Å². The molecule has 1 fully saturated rings. The SMILES string of the molecule is C[C@@H]1CCNC[C@@H]1n1cc(Br)c2cnc3[nH]cc(C#N)c3c21. The maximum atomic E-state index is 9.41. The van der Waals surface area contributed by atoms with Crippen LogP contribution in [0.2, 0.25) is 0 Å². The van der Waals surface area contributed by atoms with Crippen molar-refractivity contribution in [3.05, 3.63) is 28.6 Å². The highest BCUT2D eigenvalue weighted by molar-refractivity contribution is 9.10. The summed E-state index contributed by atoms with van der Waals surface area (Å²) in [6, 6.07) is 2.66. The molecule has 3 aromatic rings. The number of nitrogens with one attached hydrogen (secondary N) is 2. The van der Waals surface area contributed by atoms with E-state index in [1.165, 1.54) is 0 Å². The van der Waals surface area contributed by atoms with Gasteiger partial charge in [0.2, 0.25) is 0 Å². The number of aromatic amines is 1. The number of fused-ring (bicyclic) bond motifs is 3. The molecule has 5 nitrogen and oxygen atoms in total. The summed E-state index contributed by atoms with van der Waals surface area (Å²) in [6.07, 6.45) is 6.91. The molecule has 22 heavy (non-hydrogen) atoms. The lowest BCUT2D eigenvalue weighted by Gasteiger charge is -2.31. The molecule has 0 bridgehead atoms. The van der Waals surface area contributed by atoms with Crippen LogP contribution >= 0.6 is 15.9 Å². The molecule has 0 spiro atoms. The Hall–Kier alpha value is -1.84. The van der Waals surface area contributed by atoms with Gasteiger partial charge in [-0.05, 0) is 34.8 Å². The van der Waals surface area contributed by atoms with Gasteiger partial charge in [0.1, 0.15) is 11.7 Å². The van der Waals surface area contributed by atoms with E-state index in [1.54, 1.807) is 6.20 Å². The van der Waals surface area contributed by atoms with E-state index in [1.807, 2.05) is 6.20 Å². The quantitative estimate of drug-likeness (QED) is 0.701. The normalized spacial score (nSPS) is 22.2. The molecule has 6 heteroatoms. The topological polar surface area (TPSA) is 69.4 Å². The zero-order valence-electron chi connectivity index (χ0n) is 12.2. The van der Waals surface area contributed by atoms with Crippen molar-refractivity contribution >= 4 is 37.9 Å². The molecule has 3 aromatic heterocycles. The molecule has 4 heterocycles. The van der Waals surface area contributed by atoms with Crippen molar-refractivity contribution in [1.82, 2.24) is 19.9 Å². The van der Waals surface area contributed by atoms with Crippen LogP contribution in [0.4, 0.5) is 0 Å². The molecule has 0 amide bonds. The average Bonchev–Trinajstić information content (AvgIpc) is 3.09. The number of hydrogen-bond acceptors (Lipinski definition) is 3. The first-order valence-corrected chi connectivity index (χ1v) is 8.27. The first-order valence-electron chi connectivity index (χ1n) is 7.47. The molecular weight excluding hydrogens is 342 g/mol. The number of nitrogens with zero attached hydrogens (tertiary/aromatic N) is 3. The third-order valence-corrected chi connectivity index (χ3v) is 5.34. The van der Waals surface area contributed by atoms with Gasteiger partial charge in [-0.3, -0.25) is 0 Å². The molecule has 2 atom stereocenters. The van der Waals surface area contributed by atoms with Crippen LogP contribution in [0.5, 0.6) is 0 Å². The van der Waals surface area contributed by atoms with E-state index in [-0.39, 0.29) is 0 Å². The van der Waals surface area contributed by atoms with Crippen LogP contribution in [0.1, 0.15) is 24.9 Å². The van der Waals surface area contributed by atoms with Crippen LogP contribution in [-0.4, -0.2) is 27.6 Å². The predicted molar refractivity (Wildman–Crippen MR) is 89.7 cm³/mol. The van der Waals surface area contributed by atoms with Crippen molar-refractivity contribution in [2.45, 2.75) is 19.4 Å². The Kier molecular flexibility index (Phi) is 3.21. The summed E-state index contributed by atoms with van der Waals surface area (Å²) in [6.45, 7) is 4.32. The Balaban J connectivity index is 2.06. The third kappa shape index (κ3) is 1.89. The number of aromatic nitrogens is 3. The minimum absolute atomic E-state index is 0.384. The van der Waals surface area contributed by atoms with E-state index in [0.717, 1.165) is 45.9 Å². The van der Waals surface area contributed by atoms with Crippen LogP contribution in [-0.2, 0) is 0 Å². The summed E-state index contributed by atoms with van der Waals surface area (Å²) in [5.74, 6) is 0.594. The lowest BCUT2D eigenvalue weighted by Crippen LogP contribution is -2.36. The minimum Gasteiger partial charge on any atom is -0.345 e. The maximum Gasteiger partial charge on any atom is 0.140 e. The summed E-state index contributed by atoms with van der Waals surface area (Å²) >= 11 is 3.65. The Bertz CT molecular complexity index is 901. The molecule has 1 aliphatic heterocycles. The van der Waals surface area contributed by atoms with Crippen LogP contribution in [0.25, 0.3) is 21.9 Å². The van der Waals surface area contributed by atoms with E-state index >= 15 is 0 Å². The molecule has 1 aliphatic rings. The van der Waals surface area contributed by atoms with E-state index in [4.69, 9.17) is 0 Å². The second-order valence-corrected chi connectivity index (χ2v) is 6.83. The first-order chi connectivity index (χ1) is 10.7. The first kappa shape index (κ1) is 13.8. The Labute approximate surface area is 136 Å². The van der Waals surface area contributed by atoms with Gasteiger partial charge in [-0.15, -0.1) is 0 Å². The summed E-state index contributed by atoms with van der Waals surface area (Å²) in [4.78, 5) is 7.55. The van der Waals surface area contributed by atoms with Crippen molar-refractivity contribution in [2.24, 2.45) is 5.92 Å². The van der Waals surface area contributed by atoms with Gasteiger partial charge in [-0.2, -0.15) is 5.26 Å². The van der Waals surface area contributed by atoms with Crippen molar-refractivity contribution in [3.63, 3.8) is 0 Å². The highest BCUT2D eigenvalue weighted by Gasteiger charge is 2.26. The molecule has 0 saturated carbocycles. The average molecular weight is 358 g/mol. The Morgan fingerprint density at radius 3 is 3.14 bits per heavy atom. The Morgan fingerprint density at radius 2 is 2.36 bits per heavy atom. The fourth-order valence-corrected chi connectivity index (χ4v) is 3.98. The van der Waals surface area contributed by atoms with Gasteiger partial charge in [0, 0.05) is 41.0 Å². The molecule has 0 radical (unpaired) electrons. The van der Waals surface area contributed by atoms with Crippen LogP contribution < -0.4 is 5.32 Å². The van der Waals surface area contributed by atoms with Crippen molar-refractivity contribution in [2.75, 3.05) is 13.1 Å². The minimum atomic E-state index is 0.384. The number of hydrogen-bond donors (Lipinski definition) is 2. The van der Waals surface area contributed by atoms with Crippen molar-refractivity contribution < 1.29 is 0 Å². The number of nitriles is 1. The van der Waals surface area contributed by atoms with Crippen molar-refractivity contribution in [3.8, 4) is 6.07 Å². The number of pyridine rings is 1. The molecule has 0 aromatic carbocycles. The summed E-state index contributed by atoms with van der Waals surface area (Å²) < 4.78 is 3.34.